The molecule has 2 aromatic carbocycles. The van der Waals surface area contributed by atoms with Gasteiger partial charge in [-0.05, 0) is 36.8 Å². The molecule has 0 radical (unpaired) electrons. The van der Waals surface area contributed by atoms with Crippen molar-refractivity contribution in [2.45, 2.75) is 19.6 Å². The number of rotatable bonds is 6. The summed E-state index contributed by atoms with van der Waals surface area (Å²) in [4.78, 5) is 0. The van der Waals surface area contributed by atoms with Crippen LogP contribution in [-0.4, -0.2) is 14.2 Å². The molecule has 0 fully saturated rings. The van der Waals surface area contributed by atoms with Crippen LogP contribution < -0.4 is 19.9 Å². The molecule has 0 heterocycles. The van der Waals surface area contributed by atoms with Crippen LogP contribution in [0.2, 0.25) is 0 Å². The average Bonchev–Trinajstić information content (AvgIpc) is 2.52. The first-order chi connectivity index (χ1) is 10.2. The zero-order valence-electron chi connectivity index (χ0n) is 12.6. The number of hydrogen-bond acceptors (Lipinski definition) is 4. The fourth-order valence-electron chi connectivity index (χ4n) is 2.20. The predicted molar refractivity (Wildman–Crippen MR) is 82.9 cm³/mol. The minimum absolute atomic E-state index is 0.165. The highest BCUT2D eigenvalue weighted by molar-refractivity contribution is 5.46. The van der Waals surface area contributed by atoms with Crippen molar-refractivity contribution < 1.29 is 14.2 Å². The summed E-state index contributed by atoms with van der Waals surface area (Å²) in [5, 5.41) is 0. The molecule has 2 rings (SSSR count). The second-order valence-corrected chi connectivity index (χ2v) is 4.80. The summed E-state index contributed by atoms with van der Waals surface area (Å²) in [6.07, 6.45) is 0. The van der Waals surface area contributed by atoms with Crippen molar-refractivity contribution in [2.75, 3.05) is 14.2 Å². The standard InChI is InChI=1S/C17H21NO3/c1-12(18)17-15(20-3)8-5-9-16(17)21-11-13-6-4-7-14(10-13)19-2/h4-10,12H,11,18H2,1-3H3/t12-/m0/s1. The summed E-state index contributed by atoms with van der Waals surface area (Å²) < 4.78 is 16.5. The average molecular weight is 287 g/mol. The Hall–Kier alpha value is -2.20. The molecular formula is C17H21NO3. The van der Waals surface area contributed by atoms with Gasteiger partial charge in [-0.1, -0.05) is 18.2 Å². The second kappa shape index (κ2) is 6.99. The first-order valence-corrected chi connectivity index (χ1v) is 6.84. The fourth-order valence-corrected chi connectivity index (χ4v) is 2.20. The van der Waals surface area contributed by atoms with Crippen molar-refractivity contribution >= 4 is 0 Å². The number of methoxy groups -OCH3 is 2. The van der Waals surface area contributed by atoms with Crippen LogP contribution >= 0.6 is 0 Å². The highest BCUT2D eigenvalue weighted by Gasteiger charge is 2.14. The molecule has 2 N–H and O–H groups in total. The first-order valence-electron chi connectivity index (χ1n) is 6.84. The summed E-state index contributed by atoms with van der Waals surface area (Å²) in [5.41, 5.74) is 7.94. The third-order valence-electron chi connectivity index (χ3n) is 3.23. The Balaban J connectivity index is 2.19. The molecule has 21 heavy (non-hydrogen) atoms. The Labute approximate surface area is 125 Å². The van der Waals surface area contributed by atoms with Crippen molar-refractivity contribution in [2.24, 2.45) is 5.73 Å². The van der Waals surface area contributed by atoms with Gasteiger partial charge in [0.25, 0.3) is 0 Å². The van der Waals surface area contributed by atoms with Crippen molar-refractivity contribution in [3.05, 3.63) is 53.6 Å². The highest BCUT2D eigenvalue weighted by Crippen LogP contribution is 2.33. The lowest BCUT2D eigenvalue weighted by atomic mass is 10.1. The van der Waals surface area contributed by atoms with Crippen LogP contribution in [0.25, 0.3) is 0 Å². The van der Waals surface area contributed by atoms with Crippen molar-refractivity contribution in [1.82, 2.24) is 0 Å². The molecule has 0 bridgehead atoms. The Kier molecular flexibility index (Phi) is 5.06. The molecule has 0 spiro atoms. The molecule has 0 unspecified atom stereocenters. The van der Waals surface area contributed by atoms with Crippen LogP contribution in [0, 0.1) is 0 Å². The summed E-state index contributed by atoms with van der Waals surface area (Å²) in [5.74, 6) is 2.30. The van der Waals surface area contributed by atoms with Crippen molar-refractivity contribution in [1.29, 1.82) is 0 Å². The monoisotopic (exact) mass is 287 g/mol. The van der Waals surface area contributed by atoms with Gasteiger partial charge in [-0.15, -0.1) is 0 Å². The molecular weight excluding hydrogens is 266 g/mol. The first kappa shape index (κ1) is 15.2. The zero-order valence-corrected chi connectivity index (χ0v) is 12.6. The van der Waals surface area contributed by atoms with Crippen molar-refractivity contribution in [3.8, 4) is 17.2 Å². The van der Waals surface area contributed by atoms with Gasteiger partial charge < -0.3 is 19.9 Å². The smallest absolute Gasteiger partial charge is 0.128 e. The Morgan fingerprint density at radius 1 is 1.00 bits per heavy atom. The lowest BCUT2D eigenvalue weighted by Gasteiger charge is -2.17. The largest absolute Gasteiger partial charge is 0.497 e. The van der Waals surface area contributed by atoms with Gasteiger partial charge >= 0.3 is 0 Å². The van der Waals surface area contributed by atoms with Gasteiger partial charge in [0, 0.05) is 6.04 Å². The van der Waals surface area contributed by atoms with Crippen LogP contribution in [0.5, 0.6) is 17.2 Å². The molecule has 0 amide bonds. The quantitative estimate of drug-likeness (QED) is 0.885. The molecule has 0 saturated heterocycles. The summed E-state index contributed by atoms with van der Waals surface area (Å²) in [6.45, 7) is 2.36. The minimum Gasteiger partial charge on any atom is -0.497 e. The second-order valence-electron chi connectivity index (χ2n) is 4.80. The van der Waals surface area contributed by atoms with E-state index in [1.54, 1.807) is 14.2 Å². The predicted octanol–water partition coefficient (Wildman–Crippen LogP) is 3.30. The van der Waals surface area contributed by atoms with E-state index in [9.17, 15) is 0 Å². The lowest BCUT2D eigenvalue weighted by molar-refractivity contribution is 0.296. The van der Waals surface area contributed by atoms with E-state index in [1.165, 1.54) is 0 Å². The molecule has 0 aliphatic rings. The molecule has 4 heteroatoms. The summed E-state index contributed by atoms with van der Waals surface area (Å²) >= 11 is 0. The van der Waals surface area contributed by atoms with Crippen molar-refractivity contribution in [3.63, 3.8) is 0 Å². The van der Waals surface area contributed by atoms with E-state index in [1.807, 2.05) is 49.4 Å². The Bertz CT molecular complexity index is 596. The molecule has 112 valence electrons. The van der Waals surface area contributed by atoms with Gasteiger partial charge in [0.2, 0.25) is 0 Å². The zero-order chi connectivity index (χ0) is 15.2. The van der Waals surface area contributed by atoms with Gasteiger partial charge in [-0.2, -0.15) is 0 Å². The lowest BCUT2D eigenvalue weighted by Crippen LogP contribution is -2.10. The molecule has 4 nitrogen and oxygen atoms in total. The van der Waals surface area contributed by atoms with E-state index >= 15 is 0 Å². The van der Waals surface area contributed by atoms with E-state index in [0.29, 0.717) is 6.61 Å². The Morgan fingerprint density at radius 2 is 1.71 bits per heavy atom. The third kappa shape index (κ3) is 3.67. The molecule has 1 atom stereocenters. The normalized spacial score (nSPS) is 11.8. The van der Waals surface area contributed by atoms with Gasteiger partial charge in [-0.25, -0.2) is 0 Å². The van der Waals surface area contributed by atoms with Crippen LogP contribution in [0.4, 0.5) is 0 Å². The maximum atomic E-state index is 6.03. The minimum atomic E-state index is -0.165. The van der Waals surface area contributed by atoms with E-state index in [0.717, 1.165) is 28.4 Å². The third-order valence-corrected chi connectivity index (χ3v) is 3.23. The summed E-state index contributed by atoms with van der Waals surface area (Å²) in [6, 6.07) is 13.3. The van der Waals surface area contributed by atoms with Crippen LogP contribution in [0.15, 0.2) is 42.5 Å². The van der Waals surface area contributed by atoms with Gasteiger partial charge in [0.05, 0.1) is 19.8 Å². The topological polar surface area (TPSA) is 53.7 Å². The van der Waals surface area contributed by atoms with Gasteiger partial charge in [-0.3, -0.25) is 0 Å². The molecule has 2 aromatic rings. The number of benzene rings is 2. The Morgan fingerprint density at radius 3 is 2.38 bits per heavy atom. The van der Waals surface area contributed by atoms with Gasteiger partial charge in [0.1, 0.15) is 23.9 Å². The number of nitrogens with two attached hydrogens (primary N) is 1. The molecule has 0 saturated carbocycles. The van der Waals surface area contributed by atoms with E-state index in [4.69, 9.17) is 19.9 Å². The maximum Gasteiger partial charge on any atom is 0.128 e. The van der Waals surface area contributed by atoms with Crippen LogP contribution in [-0.2, 0) is 6.61 Å². The SMILES string of the molecule is COc1cccc(COc2cccc(OC)c2[C@H](C)N)c1. The summed E-state index contributed by atoms with van der Waals surface area (Å²) in [7, 11) is 3.28. The van der Waals surface area contributed by atoms with Crippen LogP contribution in [0.3, 0.4) is 0 Å². The van der Waals surface area contributed by atoms with E-state index in [2.05, 4.69) is 0 Å². The fraction of sp³-hybridized carbons (Fsp3) is 0.294. The highest BCUT2D eigenvalue weighted by atomic mass is 16.5. The van der Waals surface area contributed by atoms with E-state index < -0.39 is 0 Å². The van der Waals surface area contributed by atoms with Crippen LogP contribution in [0.1, 0.15) is 24.1 Å². The van der Waals surface area contributed by atoms with E-state index in [-0.39, 0.29) is 6.04 Å². The molecule has 0 aliphatic carbocycles. The maximum absolute atomic E-state index is 6.03. The molecule has 0 aromatic heterocycles. The molecule has 0 aliphatic heterocycles. The number of ether oxygens (including phenoxy) is 3. The number of hydrogen-bond donors (Lipinski definition) is 1. The van der Waals surface area contributed by atoms with Gasteiger partial charge in [0.15, 0.2) is 0 Å².